The summed E-state index contributed by atoms with van der Waals surface area (Å²) in [5.41, 5.74) is 0. The molecular formula is C12H15FO2. The van der Waals surface area contributed by atoms with Crippen molar-refractivity contribution < 1.29 is 14.2 Å². The number of hydrogen-bond acceptors (Lipinski definition) is 2. The molecule has 1 rings (SSSR count). The van der Waals surface area contributed by atoms with Gasteiger partial charge in [-0.15, -0.1) is 6.58 Å². The van der Waals surface area contributed by atoms with Crippen LogP contribution in [0.3, 0.4) is 0 Å². The van der Waals surface area contributed by atoms with Crippen LogP contribution in [-0.4, -0.2) is 17.8 Å². The first-order valence-electron chi connectivity index (χ1n) is 4.89. The van der Waals surface area contributed by atoms with Crippen molar-refractivity contribution in [3.05, 3.63) is 42.7 Å². The van der Waals surface area contributed by atoms with Gasteiger partial charge in [-0.05, 0) is 37.1 Å². The molecule has 0 aliphatic heterocycles. The van der Waals surface area contributed by atoms with Gasteiger partial charge in [0.1, 0.15) is 18.2 Å². The van der Waals surface area contributed by atoms with E-state index in [0.717, 1.165) is 6.42 Å². The normalized spacial score (nSPS) is 12.1. The lowest BCUT2D eigenvalue weighted by atomic mass is 10.2. The van der Waals surface area contributed by atoms with Crippen LogP contribution >= 0.6 is 0 Å². The van der Waals surface area contributed by atoms with Crippen LogP contribution in [0.5, 0.6) is 5.75 Å². The van der Waals surface area contributed by atoms with Crippen LogP contribution in [-0.2, 0) is 0 Å². The fourth-order valence-electron chi connectivity index (χ4n) is 1.12. The summed E-state index contributed by atoms with van der Waals surface area (Å²) in [6.45, 7) is 3.79. The number of benzene rings is 1. The molecule has 0 fully saturated rings. The molecule has 0 aromatic heterocycles. The van der Waals surface area contributed by atoms with Crippen LogP contribution in [0.1, 0.15) is 12.8 Å². The molecule has 0 aliphatic carbocycles. The van der Waals surface area contributed by atoms with Crippen molar-refractivity contribution in [1.82, 2.24) is 0 Å². The quantitative estimate of drug-likeness (QED) is 0.731. The molecule has 82 valence electrons. The summed E-state index contributed by atoms with van der Waals surface area (Å²) in [7, 11) is 0. The van der Waals surface area contributed by atoms with Crippen molar-refractivity contribution in [3.63, 3.8) is 0 Å². The minimum absolute atomic E-state index is 0.222. The zero-order chi connectivity index (χ0) is 11.1. The monoisotopic (exact) mass is 210 g/mol. The Bertz CT molecular complexity index is 295. The highest BCUT2D eigenvalue weighted by Crippen LogP contribution is 2.11. The second-order valence-corrected chi connectivity index (χ2v) is 3.28. The first-order valence-corrected chi connectivity index (χ1v) is 4.89. The molecule has 0 amide bonds. The lowest BCUT2D eigenvalue weighted by Gasteiger charge is -2.11. The predicted molar refractivity (Wildman–Crippen MR) is 57.3 cm³/mol. The maximum Gasteiger partial charge on any atom is 0.123 e. The molecule has 0 spiro atoms. The number of halogens is 1. The Balaban J connectivity index is 2.30. The number of aliphatic hydroxyl groups excluding tert-OH is 1. The van der Waals surface area contributed by atoms with Gasteiger partial charge in [0.15, 0.2) is 0 Å². The van der Waals surface area contributed by atoms with E-state index in [1.165, 1.54) is 24.3 Å². The van der Waals surface area contributed by atoms with E-state index in [0.29, 0.717) is 12.2 Å². The first kappa shape index (κ1) is 11.7. The second-order valence-electron chi connectivity index (χ2n) is 3.28. The lowest BCUT2D eigenvalue weighted by molar-refractivity contribution is 0.101. The Morgan fingerprint density at radius 1 is 1.40 bits per heavy atom. The van der Waals surface area contributed by atoms with Crippen LogP contribution < -0.4 is 4.74 Å². The molecule has 1 atom stereocenters. The maximum atomic E-state index is 12.5. The molecule has 0 radical (unpaired) electrons. The summed E-state index contributed by atoms with van der Waals surface area (Å²) in [5, 5.41) is 9.45. The summed E-state index contributed by atoms with van der Waals surface area (Å²) in [4.78, 5) is 0. The van der Waals surface area contributed by atoms with E-state index in [9.17, 15) is 9.50 Å². The Kier molecular flexibility index (Phi) is 4.84. The number of rotatable bonds is 6. The van der Waals surface area contributed by atoms with Gasteiger partial charge in [-0.3, -0.25) is 0 Å². The Morgan fingerprint density at radius 3 is 2.67 bits per heavy atom. The van der Waals surface area contributed by atoms with E-state index in [4.69, 9.17) is 4.74 Å². The zero-order valence-electron chi connectivity index (χ0n) is 8.53. The van der Waals surface area contributed by atoms with E-state index in [-0.39, 0.29) is 12.4 Å². The van der Waals surface area contributed by atoms with E-state index < -0.39 is 6.10 Å². The van der Waals surface area contributed by atoms with E-state index in [1.54, 1.807) is 6.08 Å². The molecule has 1 N–H and O–H groups in total. The highest BCUT2D eigenvalue weighted by atomic mass is 19.1. The summed E-state index contributed by atoms with van der Waals surface area (Å²) < 4.78 is 17.8. The molecule has 0 saturated heterocycles. The molecule has 3 heteroatoms. The largest absolute Gasteiger partial charge is 0.491 e. The van der Waals surface area contributed by atoms with Gasteiger partial charge in [-0.25, -0.2) is 4.39 Å². The van der Waals surface area contributed by atoms with Crippen LogP contribution in [0, 0.1) is 5.82 Å². The molecule has 1 aromatic rings. The predicted octanol–water partition coefficient (Wildman–Crippen LogP) is 2.53. The Hall–Kier alpha value is -1.35. The van der Waals surface area contributed by atoms with Crippen molar-refractivity contribution >= 4 is 0 Å². The molecule has 0 heterocycles. The Morgan fingerprint density at radius 2 is 2.07 bits per heavy atom. The fraction of sp³-hybridized carbons (Fsp3) is 0.333. The first-order chi connectivity index (χ1) is 7.22. The van der Waals surface area contributed by atoms with Crippen molar-refractivity contribution in [2.24, 2.45) is 0 Å². The number of hydrogen-bond donors (Lipinski definition) is 1. The third-order valence-corrected chi connectivity index (χ3v) is 1.96. The molecule has 0 bridgehead atoms. The number of aliphatic hydroxyl groups is 1. The highest BCUT2D eigenvalue weighted by Gasteiger charge is 2.03. The number of allylic oxidation sites excluding steroid dienone is 1. The topological polar surface area (TPSA) is 29.5 Å². The van der Waals surface area contributed by atoms with Crippen molar-refractivity contribution in [2.75, 3.05) is 6.61 Å². The van der Waals surface area contributed by atoms with Crippen molar-refractivity contribution in [2.45, 2.75) is 18.9 Å². The summed E-state index contributed by atoms with van der Waals surface area (Å²) in [6, 6.07) is 5.72. The number of ether oxygens (including phenoxy) is 1. The maximum absolute atomic E-state index is 12.5. The van der Waals surface area contributed by atoms with Gasteiger partial charge in [-0.2, -0.15) is 0 Å². The SMILES string of the molecule is C=CCC[C@@H](O)COc1ccc(F)cc1. The van der Waals surface area contributed by atoms with Crippen LogP contribution in [0.2, 0.25) is 0 Å². The molecule has 1 aromatic carbocycles. The average Bonchev–Trinajstić information content (AvgIpc) is 2.25. The summed E-state index contributed by atoms with van der Waals surface area (Å²) >= 11 is 0. The summed E-state index contributed by atoms with van der Waals surface area (Å²) in [5.74, 6) is 0.267. The zero-order valence-corrected chi connectivity index (χ0v) is 8.53. The Labute approximate surface area is 89.0 Å². The average molecular weight is 210 g/mol. The van der Waals surface area contributed by atoms with Gasteiger partial charge >= 0.3 is 0 Å². The van der Waals surface area contributed by atoms with Gasteiger partial charge in [0.2, 0.25) is 0 Å². The summed E-state index contributed by atoms with van der Waals surface area (Å²) in [6.07, 6.45) is 2.63. The minimum atomic E-state index is -0.506. The molecule has 15 heavy (non-hydrogen) atoms. The fourth-order valence-corrected chi connectivity index (χ4v) is 1.12. The van der Waals surface area contributed by atoms with Gasteiger partial charge < -0.3 is 9.84 Å². The van der Waals surface area contributed by atoms with Gasteiger partial charge in [-0.1, -0.05) is 6.08 Å². The van der Waals surface area contributed by atoms with Crippen LogP contribution in [0.15, 0.2) is 36.9 Å². The van der Waals surface area contributed by atoms with Crippen LogP contribution in [0.4, 0.5) is 4.39 Å². The van der Waals surface area contributed by atoms with Crippen LogP contribution in [0.25, 0.3) is 0 Å². The van der Waals surface area contributed by atoms with Gasteiger partial charge in [0, 0.05) is 0 Å². The highest BCUT2D eigenvalue weighted by molar-refractivity contribution is 5.22. The van der Waals surface area contributed by atoms with E-state index in [2.05, 4.69) is 6.58 Å². The van der Waals surface area contributed by atoms with Crippen molar-refractivity contribution in [1.29, 1.82) is 0 Å². The van der Waals surface area contributed by atoms with E-state index >= 15 is 0 Å². The van der Waals surface area contributed by atoms with Gasteiger partial charge in [0.05, 0.1) is 6.10 Å². The molecule has 0 saturated carbocycles. The standard InChI is InChI=1S/C12H15FO2/c1-2-3-4-11(14)9-15-12-7-5-10(13)6-8-12/h2,5-8,11,14H,1,3-4,9H2/t11-/m1/s1. The minimum Gasteiger partial charge on any atom is -0.491 e. The molecular weight excluding hydrogens is 195 g/mol. The third-order valence-electron chi connectivity index (χ3n) is 1.96. The van der Waals surface area contributed by atoms with Crippen molar-refractivity contribution in [3.8, 4) is 5.75 Å². The van der Waals surface area contributed by atoms with E-state index in [1.807, 2.05) is 0 Å². The molecule has 2 nitrogen and oxygen atoms in total. The molecule has 0 unspecified atom stereocenters. The molecule has 0 aliphatic rings. The third kappa shape index (κ3) is 4.61. The lowest BCUT2D eigenvalue weighted by Crippen LogP contribution is -2.16. The van der Waals surface area contributed by atoms with Gasteiger partial charge in [0.25, 0.3) is 0 Å². The smallest absolute Gasteiger partial charge is 0.123 e. The second kappa shape index (κ2) is 6.19.